The highest BCUT2D eigenvalue weighted by atomic mass is 32.2. The number of nitrogens with one attached hydrogen (secondary N) is 2. The number of carbonyl (C=O) groups excluding carboxylic acids is 1. The largest absolute Gasteiger partial charge is 0.469 e. The third kappa shape index (κ3) is 4.43. The summed E-state index contributed by atoms with van der Waals surface area (Å²) in [4.78, 5) is 10.8. The average Bonchev–Trinajstić information content (AvgIpc) is 2.63. The Kier molecular flexibility index (Phi) is 4.50. The maximum absolute atomic E-state index is 11.6. The predicted molar refractivity (Wildman–Crippen MR) is 62.0 cm³/mol. The van der Waals surface area contributed by atoms with Crippen molar-refractivity contribution in [2.45, 2.75) is 19.8 Å². The van der Waals surface area contributed by atoms with Crippen molar-refractivity contribution in [2.24, 2.45) is 0 Å². The van der Waals surface area contributed by atoms with Gasteiger partial charge in [0.1, 0.15) is 5.82 Å². The number of rotatable bonds is 6. The van der Waals surface area contributed by atoms with Gasteiger partial charge in [-0.15, -0.1) is 0 Å². The van der Waals surface area contributed by atoms with Crippen LogP contribution in [-0.2, 0) is 19.6 Å². The molecule has 0 aliphatic rings. The van der Waals surface area contributed by atoms with Crippen LogP contribution in [0.5, 0.6) is 0 Å². The Balaban J connectivity index is 2.47. The minimum Gasteiger partial charge on any atom is -0.469 e. The van der Waals surface area contributed by atoms with Crippen LogP contribution in [0.25, 0.3) is 0 Å². The van der Waals surface area contributed by atoms with Crippen LogP contribution >= 0.6 is 0 Å². The van der Waals surface area contributed by atoms with Crippen LogP contribution in [0.2, 0.25) is 0 Å². The summed E-state index contributed by atoms with van der Waals surface area (Å²) < 4.78 is 30.0. The number of esters is 1. The molecule has 0 radical (unpaired) electrons. The fraction of sp³-hybridized carbons (Fsp3) is 0.556. The van der Waals surface area contributed by atoms with Crippen molar-refractivity contribution in [3.05, 3.63) is 11.8 Å². The minimum absolute atomic E-state index is 0.0827. The monoisotopic (exact) mass is 261 g/mol. The molecular weight excluding hydrogens is 246 g/mol. The first-order valence-corrected chi connectivity index (χ1v) is 6.67. The summed E-state index contributed by atoms with van der Waals surface area (Å²) in [5, 5.41) is 6.24. The van der Waals surface area contributed by atoms with E-state index in [1.54, 1.807) is 6.92 Å². The number of nitrogens with zero attached hydrogens (tertiary/aromatic N) is 1. The van der Waals surface area contributed by atoms with Gasteiger partial charge in [0.25, 0.3) is 0 Å². The molecule has 0 fully saturated rings. The standard InChI is InChI=1S/C9H15N3O4S/c1-7-6-10-11-9(7)12-17(14,15)5-3-4-8(13)16-2/h6H,3-5H2,1-2H3,(H2,10,11,12). The molecule has 8 heteroatoms. The summed E-state index contributed by atoms with van der Waals surface area (Å²) in [5.41, 5.74) is 0.710. The number of ether oxygens (including phenoxy) is 1. The zero-order chi connectivity index (χ0) is 12.9. The first-order chi connectivity index (χ1) is 7.94. The van der Waals surface area contributed by atoms with E-state index in [1.165, 1.54) is 13.3 Å². The third-order valence-corrected chi connectivity index (χ3v) is 3.45. The molecule has 1 rings (SSSR count). The number of sulfonamides is 1. The fourth-order valence-electron chi connectivity index (χ4n) is 1.16. The Hall–Kier alpha value is -1.57. The molecule has 0 aromatic carbocycles. The lowest BCUT2D eigenvalue weighted by atomic mass is 10.3. The van der Waals surface area contributed by atoms with E-state index in [1.807, 2.05) is 0 Å². The highest BCUT2D eigenvalue weighted by Gasteiger charge is 2.13. The number of aromatic nitrogens is 2. The number of hydrogen-bond acceptors (Lipinski definition) is 5. The Morgan fingerprint density at radius 3 is 2.82 bits per heavy atom. The first-order valence-electron chi connectivity index (χ1n) is 5.02. The van der Waals surface area contributed by atoms with Gasteiger partial charge in [-0.05, 0) is 13.3 Å². The van der Waals surface area contributed by atoms with Crippen LogP contribution in [0.4, 0.5) is 5.82 Å². The van der Waals surface area contributed by atoms with E-state index >= 15 is 0 Å². The number of H-pyrrole nitrogens is 1. The Morgan fingerprint density at radius 2 is 2.29 bits per heavy atom. The van der Waals surface area contributed by atoms with Crippen LogP contribution in [0.3, 0.4) is 0 Å². The van der Waals surface area contributed by atoms with Crippen LogP contribution in [0.15, 0.2) is 6.20 Å². The van der Waals surface area contributed by atoms with Gasteiger partial charge in [-0.25, -0.2) is 8.42 Å². The van der Waals surface area contributed by atoms with Gasteiger partial charge >= 0.3 is 5.97 Å². The predicted octanol–water partition coefficient (Wildman–Crippen LogP) is 0.413. The molecule has 0 bridgehead atoms. The second kappa shape index (κ2) is 5.67. The van der Waals surface area contributed by atoms with E-state index in [0.717, 1.165) is 0 Å². The second-order valence-corrected chi connectivity index (χ2v) is 5.37. The van der Waals surface area contributed by atoms with E-state index in [-0.39, 0.29) is 18.6 Å². The smallest absolute Gasteiger partial charge is 0.305 e. The molecule has 1 aromatic rings. The third-order valence-electron chi connectivity index (χ3n) is 2.11. The van der Waals surface area contributed by atoms with E-state index in [9.17, 15) is 13.2 Å². The Bertz CT molecular complexity index is 480. The van der Waals surface area contributed by atoms with Gasteiger partial charge in [-0.3, -0.25) is 14.6 Å². The van der Waals surface area contributed by atoms with Gasteiger partial charge in [0.05, 0.1) is 19.1 Å². The van der Waals surface area contributed by atoms with Crippen molar-refractivity contribution in [1.82, 2.24) is 10.2 Å². The molecule has 0 saturated carbocycles. The number of hydrogen-bond donors (Lipinski definition) is 2. The van der Waals surface area contributed by atoms with Gasteiger partial charge in [-0.2, -0.15) is 5.10 Å². The number of aromatic amines is 1. The van der Waals surface area contributed by atoms with Crippen molar-refractivity contribution in [3.63, 3.8) is 0 Å². The molecule has 1 aromatic heterocycles. The molecule has 0 atom stereocenters. The number of aryl methyl sites for hydroxylation is 1. The zero-order valence-corrected chi connectivity index (χ0v) is 10.5. The molecule has 0 amide bonds. The Morgan fingerprint density at radius 1 is 1.59 bits per heavy atom. The molecule has 0 spiro atoms. The molecule has 0 aliphatic heterocycles. The molecule has 1 heterocycles. The molecule has 2 N–H and O–H groups in total. The molecule has 0 aliphatic carbocycles. The minimum atomic E-state index is -3.46. The topological polar surface area (TPSA) is 101 Å². The van der Waals surface area contributed by atoms with E-state index in [0.29, 0.717) is 11.4 Å². The van der Waals surface area contributed by atoms with Gasteiger partial charge < -0.3 is 4.74 Å². The summed E-state index contributed by atoms with van der Waals surface area (Å²) in [7, 11) is -2.19. The average molecular weight is 261 g/mol. The maximum atomic E-state index is 11.6. The molecule has 0 unspecified atom stereocenters. The normalized spacial score (nSPS) is 11.2. The summed E-state index contributed by atoms with van der Waals surface area (Å²) in [5.74, 6) is -0.207. The van der Waals surface area contributed by atoms with Crippen LogP contribution in [-0.4, -0.2) is 37.4 Å². The van der Waals surface area contributed by atoms with Crippen molar-refractivity contribution in [3.8, 4) is 0 Å². The lowest BCUT2D eigenvalue weighted by molar-refractivity contribution is -0.140. The van der Waals surface area contributed by atoms with E-state index in [2.05, 4.69) is 19.7 Å². The molecule has 0 saturated heterocycles. The second-order valence-electron chi connectivity index (χ2n) is 3.53. The quantitative estimate of drug-likeness (QED) is 0.722. The van der Waals surface area contributed by atoms with Crippen molar-refractivity contribution < 1.29 is 17.9 Å². The number of anilines is 1. The summed E-state index contributed by atoms with van der Waals surface area (Å²) in [6.45, 7) is 1.73. The number of methoxy groups -OCH3 is 1. The SMILES string of the molecule is COC(=O)CCCS(=O)(=O)Nc1[nH]ncc1C. The summed E-state index contributed by atoms with van der Waals surface area (Å²) in [6.07, 6.45) is 1.82. The molecule has 7 nitrogen and oxygen atoms in total. The van der Waals surface area contributed by atoms with Gasteiger partial charge in [0.15, 0.2) is 0 Å². The van der Waals surface area contributed by atoms with E-state index < -0.39 is 16.0 Å². The van der Waals surface area contributed by atoms with Gasteiger partial charge in [-0.1, -0.05) is 0 Å². The molecule has 96 valence electrons. The lowest BCUT2D eigenvalue weighted by Gasteiger charge is -2.06. The fourth-order valence-corrected chi connectivity index (χ4v) is 2.31. The van der Waals surface area contributed by atoms with Crippen LogP contribution < -0.4 is 4.72 Å². The van der Waals surface area contributed by atoms with Gasteiger partial charge in [0, 0.05) is 12.0 Å². The lowest BCUT2D eigenvalue weighted by Crippen LogP contribution is -2.18. The van der Waals surface area contributed by atoms with Crippen LogP contribution in [0, 0.1) is 6.92 Å². The van der Waals surface area contributed by atoms with E-state index in [4.69, 9.17) is 0 Å². The summed E-state index contributed by atoms with van der Waals surface area (Å²) in [6, 6.07) is 0. The maximum Gasteiger partial charge on any atom is 0.305 e. The van der Waals surface area contributed by atoms with Crippen molar-refractivity contribution in [2.75, 3.05) is 17.6 Å². The van der Waals surface area contributed by atoms with Crippen LogP contribution in [0.1, 0.15) is 18.4 Å². The first kappa shape index (κ1) is 13.5. The van der Waals surface area contributed by atoms with Crippen molar-refractivity contribution in [1.29, 1.82) is 0 Å². The molecule has 17 heavy (non-hydrogen) atoms. The zero-order valence-electron chi connectivity index (χ0n) is 9.69. The van der Waals surface area contributed by atoms with Crippen molar-refractivity contribution >= 4 is 21.8 Å². The molecular formula is C9H15N3O4S. The highest BCUT2D eigenvalue weighted by Crippen LogP contribution is 2.11. The summed E-state index contributed by atoms with van der Waals surface area (Å²) >= 11 is 0. The highest BCUT2D eigenvalue weighted by molar-refractivity contribution is 7.92. The Labute approximate surface area is 99.6 Å². The van der Waals surface area contributed by atoms with Gasteiger partial charge in [0.2, 0.25) is 10.0 Å². The number of carbonyl (C=O) groups is 1.